The van der Waals surface area contributed by atoms with E-state index in [1.165, 1.54) is 6.42 Å². The molecule has 0 aromatic heterocycles. The molecule has 0 aromatic carbocycles. The maximum Gasteiger partial charge on any atom is 0.331 e. The summed E-state index contributed by atoms with van der Waals surface area (Å²) in [7, 11) is 1.77. The van der Waals surface area contributed by atoms with E-state index in [-0.39, 0.29) is 6.03 Å². The van der Waals surface area contributed by atoms with E-state index in [4.69, 9.17) is 5.84 Å². The molecular formula is C6H13N3O. The number of hydrazine groups is 1. The molecule has 4 nitrogen and oxygen atoms in total. The zero-order valence-corrected chi connectivity index (χ0v) is 6.13. The third kappa shape index (κ3) is 1.21. The van der Waals surface area contributed by atoms with Crippen molar-refractivity contribution in [3.8, 4) is 0 Å². The van der Waals surface area contributed by atoms with Crippen LogP contribution in [0.3, 0.4) is 0 Å². The Labute approximate surface area is 60.3 Å². The Morgan fingerprint density at radius 2 is 2.30 bits per heavy atom. The molecular weight excluding hydrogens is 130 g/mol. The van der Waals surface area contributed by atoms with Crippen LogP contribution in [0.15, 0.2) is 0 Å². The van der Waals surface area contributed by atoms with E-state index in [0.717, 1.165) is 12.8 Å². The van der Waals surface area contributed by atoms with E-state index < -0.39 is 0 Å². The number of nitrogens with two attached hydrogens (primary N) is 1. The predicted molar refractivity (Wildman–Crippen MR) is 38.1 cm³/mol. The summed E-state index contributed by atoms with van der Waals surface area (Å²) in [6, 6.07) is 0.230. The van der Waals surface area contributed by atoms with Crippen LogP contribution in [0.2, 0.25) is 0 Å². The molecule has 0 aromatic rings. The molecule has 1 aliphatic rings. The van der Waals surface area contributed by atoms with Crippen LogP contribution < -0.4 is 11.3 Å². The zero-order chi connectivity index (χ0) is 7.56. The number of nitrogens with one attached hydrogen (secondary N) is 1. The second-order valence-corrected chi connectivity index (χ2v) is 2.65. The van der Waals surface area contributed by atoms with Crippen LogP contribution in [-0.2, 0) is 0 Å². The van der Waals surface area contributed by atoms with Gasteiger partial charge in [0.1, 0.15) is 0 Å². The van der Waals surface area contributed by atoms with Crippen LogP contribution >= 0.6 is 0 Å². The van der Waals surface area contributed by atoms with Crippen molar-refractivity contribution in [1.29, 1.82) is 0 Å². The molecule has 4 heteroatoms. The number of carbonyl (C=O) groups excluding carboxylic acids is 1. The van der Waals surface area contributed by atoms with Crippen molar-refractivity contribution in [1.82, 2.24) is 10.3 Å². The summed E-state index contributed by atoms with van der Waals surface area (Å²) in [5.74, 6) is 4.95. The van der Waals surface area contributed by atoms with Crippen molar-refractivity contribution in [3.05, 3.63) is 0 Å². The Bertz CT molecular complexity index is 133. The van der Waals surface area contributed by atoms with Gasteiger partial charge in [-0.3, -0.25) is 5.43 Å². The van der Waals surface area contributed by atoms with Crippen LogP contribution in [-0.4, -0.2) is 24.0 Å². The number of nitrogens with zero attached hydrogens (tertiary/aromatic N) is 1. The van der Waals surface area contributed by atoms with Crippen LogP contribution in [0.5, 0.6) is 0 Å². The van der Waals surface area contributed by atoms with Gasteiger partial charge in [0.15, 0.2) is 0 Å². The van der Waals surface area contributed by atoms with Gasteiger partial charge >= 0.3 is 6.03 Å². The molecule has 0 unspecified atom stereocenters. The third-order valence-electron chi connectivity index (χ3n) is 2.07. The number of rotatable bonds is 1. The smallest absolute Gasteiger partial charge is 0.324 e. The minimum absolute atomic E-state index is 0.190. The summed E-state index contributed by atoms with van der Waals surface area (Å²) >= 11 is 0. The van der Waals surface area contributed by atoms with Gasteiger partial charge in [-0.15, -0.1) is 0 Å². The number of urea groups is 1. The van der Waals surface area contributed by atoms with Crippen molar-refractivity contribution in [2.75, 3.05) is 7.05 Å². The van der Waals surface area contributed by atoms with Crippen LogP contribution in [0.25, 0.3) is 0 Å². The summed E-state index contributed by atoms with van der Waals surface area (Å²) < 4.78 is 0. The molecule has 1 fully saturated rings. The lowest BCUT2D eigenvalue weighted by molar-refractivity contribution is 0.158. The number of hydrogen-bond donors (Lipinski definition) is 2. The zero-order valence-electron chi connectivity index (χ0n) is 6.13. The molecule has 0 aliphatic heterocycles. The first-order valence-corrected chi connectivity index (χ1v) is 3.49. The Morgan fingerprint density at radius 3 is 2.60 bits per heavy atom. The first-order chi connectivity index (χ1) is 4.75. The van der Waals surface area contributed by atoms with E-state index >= 15 is 0 Å². The Balaban J connectivity index is 2.31. The van der Waals surface area contributed by atoms with Crippen molar-refractivity contribution in [2.45, 2.75) is 25.3 Å². The minimum atomic E-state index is -0.190. The molecule has 0 heterocycles. The van der Waals surface area contributed by atoms with E-state index in [1.54, 1.807) is 11.9 Å². The van der Waals surface area contributed by atoms with Crippen molar-refractivity contribution < 1.29 is 4.79 Å². The molecule has 3 N–H and O–H groups in total. The Kier molecular flexibility index (Phi) is 2.11. The second-order valence-electron chi connectivity index (χ2n) is 2.65. The molecule has 1 saturated carbocycles. The van der Waals surface area contributed by atoms with Gasteiger partial charge in [0.2, 0.25) is 0 Å². The van der Waals surface area contributed by atoms with Crippen molar-refractivity contribution >= 4 is 6.03 Å². The monoisotopic (exact) mass is 143 g/mol. The highest BCUT2D eigenvalue weighted by molar-refractivity contribution is 5.73. The van der Waals surface area contributed by atoms with Gasteiger partial charge in [0, 0.05) is 13.1 Å². The molecule has 1 rings (SSSR count). The normalized spacial score (nSPS) is 17.8. The SMILES string of the molecule is CN(C(=O)NN)C1CCC1. The van der Waals surface area contributed by atoms with Crippen molar-refractivity contribution in [3.63, 3.8) is 0 Å². The Morgan fingerprint density at radius 1 is 1.70 bits per heavy atom. The molecule has 0 spiro atoms. The van der Waals surface area contributed by atoms with Gasteiger partial charge in [-0.05, 0) is 19.3 Å². The quantitative estimate of drug-likeness (QED) is 0.309. The van der Waals surface area contributed by atoms with Crippen LogP contribution in [0.4, 0.5) is 4.79 Å². The van der Waals surface area contributed by atoms with Gasteiger partial charge in [0.05, 0.1) is 0 Å². The fourth-order valence-electron chi connectivity index (χ4n) is 1.04. The molecule has 0 saturated heterocycles. The largest absolute Gasteiger partial charge is 0.331 e. The third-order valence-corrected chi connectivity index (χ3v) is 2.07. The van der Waals surface area contributed by atoms with Crippen LogP contribution in [0.1, 0.15) is 19.3 Å². The van der Waals surface area contributed by atoms with E-state index in [1.807, 2.05) is 0 Å². The lowest BCUT2D eigenvalue weighted by Crippen LogP contribution is -2.48. The summed E-state index contributed by atoms with van der Waals surface area (Å²) in [5.41, 5.74) is 2.10. The molecule has 0 atom stereocenters. The fraction of sp³-hybridized carbons (Fsp3) is 0.833. The summed E-state index contributed by atoms with van der Waals surface area (Å²) in [6.07, 6.45) is 3.46. The van der Waals surface area contributed by atoms with Gasteiger partial charge in [-0.2, -0.15) is 0 Å². The first kappa shape index (κ1) is 7.34. The molecule has 1 aliphatic carbocycles. The van der Waals surface area contributed by atoms with Gasteiger partial charge in [-0.25, -0.2) is 10.6 Å². The van der Waals surface area contributed by atoms with Gasteiger partial charge in [-0.1, -0.05) is 0 Å². The average Bonchev–Trinajstić information content (AvgIpc) is 1.82. The Hall–Kier alpha value is -0.770. The lowest BCUT2D eigenvalue weighted by atomic mass is 9.92. The van der Waals surface area contributed by atoms with Crippen molar-refractivity contribution in [2.24, 2.45) is 5.84 Å². The lowest BCUT2D eigenvalue weighted by Gasteiger charge is -2.34. The molecule has 0 radical (unpaired) electrons. The summed E-state index contributed by atoms with van der Waals surface area (Å²) in [6.45, 7) is 0. The van der Waals surface area contributed by atoms with E-state index in [9.17, 15) is 4.79 Å². The van der Waals surface area contributed by atoms with Gasteiger partial charge in [0.25, 0.3) is 0 Å². The molecule has 10 heavy (non-hydrogen) atoms. The predicted octanol–water partition coefficient (Wildman–Crippen LogP) is 0.0540. The van der Waals surface area contributed by atoms with Gasteiger partial charge < -0.3 is 4.90 Å². The standard InChI is InChI=1S/C6H13N3O/c1-9(6(10)8-7)5-3-2-4-5/h5H,2-4,7H2,1H3,(H,8,10). The van der Waals surface area contributed by atoms with E-state index in [0.29, 0.717) is 6.04 Å². The number of carbonyl (C=O) groups is 1. The molecule has 58 valence electrons. The highest BCUT2D eigenvalue weighted by atomic mass is 16.2. The number of hydrogen-bond acceptors (Lipinski definition) is 2. The molecule has 0 bridgehead atoms. The fourth-order valence-corrected chi connectivity index (χ4v) is 1.04. The van der Waals surface area contributed by atoms with E-state index in [2.05, 4.69) is 5.43 Å². The first-order valence-electron chi connectivity index (χ1n) is 3.49. The number of amides is 2. The maximum atomic E-state index is 10.8. The highest BCUT2D eigenvalue weighted by Gasteiger charge is 2.24. The molecule has 2 amide bonds. The maximum absolute atomic E-state index is 10.8. The highest BCUT2D eigenvalue weighted by Crippen LogP contribution is 2.23. The topological polar surface area (TPSA) is 58.4 Å². The summed E-state index contributed by atoms with van der Waals surface area (Å²) in [5, 5.41) is 0. The second kappa shape index (κ2) is 2.88. The van der Waals surface area contributed by atoms with Crippen LogP contribution in [0, 0.1) is 0 Å². The summed E-state index contributed by atoms with van der Waals surface area (Å²) in [4.78, 5) is 12.5. The average molecular weight is 143 g/mol. The minimum Gasteiger partial charge on any atom is -0.324 e.